The molecule has 8 aromatic rings. The fraction of sp³-hybridized carbons (Fsp3) is 0.192. The van der Waals surface area contributed by atoms with Gasteiger partial charge in [-0.1, -0.05) is 143 Å². The van der Waals surface area contributed by atoms with Crippen molar-refractivity contribution in [3.8, 4) is 39.5 Å². The zero-order valence-corrected chi connectivity index (χ0v) is 33.3. The number of hydrogen-bond acceptors (Lipinski definition) is 2. The second-order valence-electron chi connectivity index (χ2n) is 15.0. The molecule has 0 saturated carbocycles. The smallest absolute Gasteiger partial charge is 0.160 e. The highest BCUT2D eigenvalue weighted by atomic mass is 15.0. The van der Waals surface area contributed by atoms with Crippen molar-refractivity contribution in [3.05, 3.63) is 167 Å². The van der Waals surface area contributed by atoms with Gasteiger partial charge in [-0.3, -0.25) is 0 Å². The van der Waals surface area contributed by atoms with Crippen molar-refractivity contribution in [2.45, 2.75) is 67.2 Å². The number of benzene rings is 6. The van der Waals surface area contributed by atoms with Crippen molar-refractivity contribution in [3.63, 3.8) is 0 Å². The summed E-state index contributed by atoms with van der Waals surface area (Å²) in [6.07, 6.45) is 5.51. The molecule has 0 spiro atoms. The van der Waals surface area contributed by atoms with E-state index in [1.165, 1.54) is 55.2 Å². The van der Waals surface area contributed by atoms with Crippen LogP contribution in [0.4, 0.5) is 0 Å². The molecule has 0 radical (unpaired) electrons. The molecule has 0 unspecified atom stereocenters. The average Bonchev–Trinajstić information content (AvgIpc) is 3.65. The van der Waals surface area contributed by atoms with E-state index in [2.05, 4.69) is 186 Å². The lowest BCUT2D eigenvalue weighted by atomic mass is 9.80. The van der Waals surface area contributed by atoms with Crippen LogP contribution in [-0.4, -0.2) is 14.5 Å². The molecule has 2 heterocycles. The van der Waals surface area contributed by atoms with Crippen LogP contribution in [0.1, 0.15) is 70.2 Å². The minimum Gasteiger partial charge on any atom is -0.309 e. The first kappa shape index (κ1) is 35.9. The topological polar surface area (TPSA) is 30.7 Å². The fourth-order valence-corrected chi connectivity index (χ4v) is 8.85. The van der Waals surface area contributed by atoms with E-state index in [4.69, 9.17) is 9.97 Å². The first-order chi connectivity index (χ1) is 26.8. The van der Waals surface area contributed by atoms with Gasteiger partial charge in [0.05, 0.1) is 22.2 Å². The Morgan fingerprint density at radius 1 is 0.618 bits per heavy atom. The summed E-state index contributed by atoms with van der Waals surface area (Å²) in [7, 11) is 0. The number of fused-ring (bicyclic) bond motifs is 5. The summed E-state index contributed by atoms with van der Waals surface area (Å²) in [6, 6.07) is 46.2. The van der Waals surface area contributed by atoms with E-state index in [0.29, 0.717) is 0 Å². The van der Waals surface area contributed by atoms with Crippen molar-refractivity contribution in [1.29, 1.82) is 0 Å². The van der Waals surface area contributed by atoms with E-state index in [-0.39, 0.29) is 5.41 Å². The highest BCUT2D eigenvalue weighted by Crippen LogP contribution is 2.50. The van der Waals surface area contributed by atoms with Gasteiger partial charge in [0.1, 0.15) is 0 Å². The second kappa shape index (κ2) is 14.3. The molecule has 1 aliphatic carbocycles. The van der Waals surface area contributed by atoms with Crippen LogP contribution in [0.3, 0.4) is 0 Å². The Bertz CT molecular complexity index is 2810. The molecule has 0 aliphatic heterocycles. The van der Waals surface area contributed by atoms with Gasteiger partial charge in [0.2, 0.25) is 0 Å². The van der Waals surface area contributed by atoms with Crippen LogP contribution in [0.2, 0.25) is 0 Å². The summed E-state index contributed by atoms with van der Waals surface area (Å²) >= 11 is 0. The fourth-order valence-electron chi connectivity index (χ4n) is 8.85. The van der Waals surface area contributed by atoms with Gasteiger partial charge >= 0.3 is 0 Å². The maximum atomic E-state index is 5.36. The number of aromatic nitrogens is 3. The monoisotopic (exact) mass is 715 g/mol. The van der Waals surface area contributed by atoms with E-state index < -0.39 is 0 Å². The van der Waals surface area contributed by atoms with Gasteiger partial charge in [-0.2, -0.15) is 0 Å². The second-order valence-corrected chi connectivity index (χ2v) is 15.0. The van der Waals surface area contributed by atoms with Crippen LogP contribution in [0.25, 0.3) is 77.7 Å². The maximum Gasteiger partial charge on any atom is 0.160 e. The summed E-state index contributed by atoms with van der Waals surface area (Å²) in [5.41, 5.74) is 17.7. The Morgan fingerprint density at radius 2 is 1.31 bits per heavy atom. The van der Waals surface area contributed by atoms with Crippen LogP contribution < -0.4 is 0 Å². The summed E-state index contributed by atoms with van der Waals surface area (Å²) in [4.78, 5) is 10.7. The van der Waals surface area contributed by atoms with Crippen LogP contribution in [0.5, 0.6) is 0 Å². The molecular formula is C52H49N3. The number of para-hydroxylation sites is 2. The Kier molecular flexibility index (Phi) is 9.35. The SMILES string of the molecule is C/C=C\C1=C(CC)C(C)(C)c2cc3c(cc21)c1ccccc1n3-c1cc(-c2nc(-c3ccccc3)c3cccc(C)c3n2)cc(-c2ccccc2C)c1.CC. The first-order valence-electron chi connectivity index (χ1n) is 19.8. The molecule has 1 aliphatic rings. The van der Waals surface area contributed by atoms with Gasteiger partial charge < -0.3 is 4.57 Å². The third-order valence-electron chi connectivity index (χ3n) is 11.4. The largest absolute Gasteiger partial charge is 0.309 e. The summed E-state index contributed by atoms with van der Waals surface area (Å²) < 4.78 is 2.47. The van der Waals surface area contributed by atoms with E-state index in [9.17, 15) is 0 Å². The lowest BCUT2D eigenvalue weighted by Gasteiger charge is -2.24. The molecular weight excluding hydrogens is 667 g/mol. The highest BCUT2D eigenvalue weighted by molar-refractivity contribution is 6.11. The van der Waals surface area contributed by atoms with Gasteiger partial charge in [0.15, 0.2) is 5.82 Å². The highest BCUT2D eigenvalue weighted by Gasteiger charge is 2.36. The summed E-state index contributed by atoms with van der Waals surface area (Å²) in [5.74, 6) is 0.720. The zero-order chi connectivity index (χ0) is 38.4. The van der Waals surface area contributed by atoms with Gasteiger partial charge in [0, 0.05) is 38.4 Å². The average molecular weight is 716 g/mol. The van der Waals surface area contributed by atoms with Crippen molar-refractivity contribution in [2.75, 3.05) is 0 Å². The Hall–Kier alpha value is -6.06. The maximum absolute atomic E-state index is 5.36. The molecule has 2 aromatic heterocycles. The van der Waals surface area contributed by atoms with E-state index in [1.807, 2.05) is 13.8 Å². The number of rotatable bonds is 6. The van der Waals surface area contributed by atoms with E-state index >= 15 is 0 Å². The molecule has 3 heteroatoms. The van der Waals surface area contributed by atoms with Gasteiger partial charge in [0.25, 0.3) is 0 Å². The Morgan fingerprint density at radius 3 is 2.07 bits per heavy atom. The molecule has 0 fully saturated rings. The molecule has 55 heavy (non-hydrogen) atoms. The van der Waals surface area contributed by atoms with Crippen LogP contribution in [-0.2, 0) is 5.41 Å². The van der Waals surface area contributed by atoms with Crippen molar-refractivity contribution in [1.82, 2.24) is 14.5 Å². The zero-order valence-electron chi connectivity index (χ0n) is 33.3. The third-order valence-corrected chi connectivity index (χ3v) is 11.4. The third kappa shape index (κ3) is 5.90. The van der Waals surface area contributed by atoms with Crippen LogP contribution in [0.15, 0.2) is 145 Å². The molecule has 9 rings (SSSR count). The van der Waals surface area contributed by atoms with Crippen molar-refractivity contribution in [2.24, 2.45) is 0 Å². The molecule has 3 nitrogen and oxygen atoms in total. The predicted molar refractivity (Wildman–Crippen MR) is 236 cm³/mol. The summed E-state index contributed by atoms with van der Waals surface area (Å²) in [6.45, 7) is 17.5. The van der Waals surface area contributed by atoms with Gasteiger partial charge in [-0.15, -0.1) is 0 Å². The normalized spacial score (nSPS) is 13.5. The molecule has 0 saturated heterocycles. The van der Waals surface area contributed by atoms with Gasteiger partial charge in [-0.25, -0.2) is 9.97 Å². The molecule has 6 aromatic carbocycles. The lowest BCUT2D eigenvalue weighted by Crippen LogP contribution is -2.17. The number of hydrogen-bond donors (Lipinski definition) is 0. The molecule has 0 bridgehead atoms. The minimum absolute atomic E-state index is 0.0762. The molecule has 0 amide bonds. The lowest BCUT2D eigenvalue weighted by molar-refractivity contribution is 0.618. The van der Waals surface area contributed by atoms with Crippen molar-refractivity contribution < 1.29 is 0 Å². The quantitative estimate of drug-likeness (QED) is 0.172. The number of nitrogens with zero attached hydrogens (tertiary/aromatic N) is 3. The number of aryl methyl sites for hydroxylation is 2. The number of allylic oxidation sites excluding steroid dienone is 4. The Labute approximate surface area is 325 Å². The minimum atomic E-state index is -0.0762. The van der Waals surface area contributed by atoms with E-state index in [1.54, 1.807) is 0 Å². The Balaban J connectivity index is 0.00000210. The molecule has 0 atom stereocenters. The predicted octanol–water partition coefficient (Wildman–Crippen LogP) is 14.4. The van der Waals surface area contributed by atoms with Crippen LogP contribution >= 0.6 is 0 Å². The van der Waals surface area contributed by atoms with Crippen molar-refractivity contribution >= 4 is 38.3 Å². The molecule has 0 N–H and O–H groups in total. The van der Waals surface area contributed by atoms with E-state index in [0.717, 1.165) is 56.8 Å². The first-order valence-corrected chi connectivity index (χ1v) is 19.8. The van der Waals surface area contributed by atoms with Gasteiger partial charge in [-0.05, 0) is 103 Å². The van der Waals surface area contributed by atoms with Crippen LogP contribution in [0, 0.1) is 13.8 Å². The molecule has 272 valence electrons. The standard InChI is InChI=1S/C50H43N3.C2H6/c1-7-17-38-41-29-42-39-23-14-15-25-45(39)53(46(42)30-44(41)50(5,6)43(38)8-2)36-27-34(37-22-13-12-18-31(37)3)26-35(28-36)49-51-47-32(4)19-16-24-40(47)48(52-49)33-20-10-9-11-21-33;1-2/h7,9-30H,8H2,1-6H3;1-2H3/b17-7-;. The summed E-state index contributed by atoms with van der Waals surface area (Å²) in [5, 5.41) is 3.58.